The molecule has 0 saturated carbocycles. The van der Waals surface area contributed by atoms with Crippen LogP contribution < -0.4 is 4.74 Å². The van der Waals surface area contributed by atoms with Gasteiger partial charge in [0.05, 0.1) is 0 Å². The number of aromatic nitrogens is 1. The number of benzene rings is 1. The van der Waals surface area contributed by atoms with Gasteiger partial charge in [-0.25, -0.2) is 14.2 Å². The quantitative estimate of drug-likeness (QED) is 0.921. The highest BCUT2D eigenvalue weighted by molar-refractivity contribution is 5.88. The van der Waals surface area contributed by atoms with Gasteiger partial charge in [0.2, 0.25) is 0 Å². The maximum absolute atomic E-state index is 13.9. The molecule has 0 fully saturated rings. The van der Waals surface area contributed by atoms with E-state index in [1.807, 2.05) is 19.1 Å². The zero-order chi connectivity index (χ0) is 14.5. The number of hydrogen-bond acceptors (Lipinski definition) is 3. The number of para-hydroxylation sites is 1. The normalized spacial score (nSPS) is 10.7. The summed E-state index contributed by atoms with van der Waals surface area (Å²) in [6, 6.07) is 8.10. The largest absolute Gasteiger partial charge is 0.478 e. The third-order valence-corrected chi connectivity index (χ3v) is 2.56. The van der Waals surface area contributed by atoms with Gasteiger partial charge in [0, 0.05) is 11.8 Å². The fourth-order valence-electron chi connectivity index (χ4n) is 1.66. The SMILES string of the molecule is C/C=C/c1ccccc1Oc1nccc(C(=O)O)c1F. The van der Waals surface area contributed by atoms with Crippen molar-refractivity contribution < 1.29 is 19.0 Å². The number of halogens is 1. The van der Waals surface area contributed by atoms with Gasteiger partial charge in [0.15, 0.2) is 5.82 Å². The van der Waals surface area contributed by atoms with Crippen LogP contribution in [0.15, 0.2) is 42.6 Å². The zero-order valence-corrected chi connectivity index (χ0v) is 10.7. The molecular formula is C15H12FNO3. The number of carboxylic acid groups (broad SMARTS) is 1. The van der Waals surface area contributed by atoms with Crippen molar-refractivity contribution in [2.45, 2.75) is 6.92 Å². The van der Waals surface area contributed by atoms with Crippen molar-refractivity contribution in [2.24, 2.45) is 0 Å². The lowest BCUT2D eigenvalue weighted by Crippen LogP contribution is -2.03. The monoisotopic (exact) mass is 273 g/mol. The summed E-state index contributed by atoms with van der Waals surface area (Å²) in [7, 11) is 0. The van der Waals surface area contributed by atoms with E-state index >= 15 is 0 Å². The molecule has 0 bridgehead atoms. The zero-order valence-electron chi connectivity index (χ0n) is 10.7. The molecule has 2 rings (SSSR count). The molecule has 0 unspecified atom stereocenters. The van der Waals surface area contributed by atoms with Gasteiger partial charge in [0.1, 0.15) is 11.3 Å². The first kappa shape index (κ1) is 13.7. The van der Waals surface area contributed by atoms with Crippen LogP contribution in [0.1, 0.15) is 22.8 Å². The summed E-state index contributed by atoms with van der Waals surface area (Å²) in [5.41, 5.74) is 0.274. The smallest absolute Gasteiger partial charge is 0.338 e. The molecule has 1 heterocycles. The molecular weight excluding hydrogens is 261 g/mol. The number of carboxylic acids is 1. The van der Waals surface area contributed by atoms with E-state index in [2.05, 4.69) is 4.98 Å². The Balaban J connectivity index is 2.41. The van der Waals surface area contributed by atoms with Crippen molar-refractivity contribution >= 4 is 12.0 Å². The first-order valence-electron chi connectivity index (χ1n) is 5.91. The Morgan fingerprint density at radius 2 is 2.10 bits per heavy atom. The first-order chi connectivity index (χ1) is 9.63. The Morgan fingerprint density at radius 3 is 2.80 bits per heavy atom. The molecule has 0 saturated heterocycles. The lowest BCUT2D eigenvalue weighted by Gasteiger charge is -2.09. The number of ether oxygens (including phenoxy) is 1. The maximum atomic E-state index is 13.9. The summed E-state index contributed by atoms with van der Waals surface area (Å²) in [5, 5.41) is 8.86. The van der Waals surface area contributed by atoms with E-state index in [-0.39, 0.29) is 5.88 Å². The molecule has 1 N–H and O–H groups in total. The third kappa shape index (κ3) is 2.83. The standard InChI is InChI=1S/C15H12FNO3/c1-2-5-10-6-3-4-7-12(10)20-14-13(16)11(15(18)19)8-9-17-14/h2-9H,1H3,(H,18,19)/b5-2+. The molecule has 20 heavy (non-hydrogen) atoms. The Kier molecular flexibility index (Phi) is 4.10. The highest BCUT2D eigenvalue weighted by Crippen LogP contribution is 2.27. The fourth-order valence-corrected chi connectivity index (χ4v) is 1.66. The summed E-state index contributed by atoms with van der Waals surface area (Å²) in [6.45, 7) is 1.85. The van der Waals surface area contributed by atoms with Crippen LogP contribution in [0.4, 0.5) is 4.39 Å². The van der Waals surface area contributed by atoms with E-state index in [0.717, 1.165) is 11.6 Å². The molecule has 0 aliphatic heterocycles. The summed E-state index contributed by atoms with van der Waals surface area (Å²) in [4.78, 5) is 14.6. The van der Waals surface area contributed by atoms with Crippen LogP contribution in [0, 0.1) is 5.82 Å². The average Bonchev–Trinajstić information content (AvgIpc) is 2.43. The Labute approximate surface area is 115 Å². The van der Waals surface area contributed by atoms with E-state index in [1.54, 1.807) is 24.3 Å². The number of pyridine rings is 1. The highest BCUT2D eigenvalue weighted by Gasteiger charge is 2.17. The number of allylic oxidation sites excluding steroid dienone is 1. The van der Waals surface area contributed by atoms with Crippen LogP contribution in [0.2, 0.25) is 0 Å². The van der Waals surface area contributed by atoms with E-state index in [9.17, 15) is 9.18 Å². The van der Waals surface area contributed by atoms with Crippen LogP contribution in [0.25, 0.3) is 6.08 Å². The lowest BCUT2D eigenvalue weighted by molar-refractivity contribution is 0.0690. The molecule has 0 aliphatic carbocycles. The summed E-state index contributed by atoms with van der Waals surface area (Å²) in [6.07, 6.45) is 4.81. The van der Waals surface area contributed by atoms with Gasteiger partial charge in [-0.15, -0.1) is 0 Å². The second kappa shape index (κ2) is 5.97. The van der Waals surface area contributed by atoms with E-state index in [4.69, 9.17) is 9.84 Å². The Hall–Kier alpha value is -2.69. The van der Waals surface area contributed by atoms with Gasteiger partial charge in [0.25, 0.3) is 5.88 Å². The second-order valence-electron chi connectivity index (χ2n) is 3.92. The molecule has 102 valence electrons. The average molecular weight is 273 g/mol. The molecule has 1 aromatic heterocycles. The minimum absolute atomic E-state index is 0.359. The Morgan fingerprint density at radius 1 is 1.35 bits per heavy atom. The van der Waals surface area contributed by atoms with Crippen LogP contribution in [-0.4, -0.2) is 16.1 Å². The molecule has 0 amide bonds. The molecule has 0 spiro atoms. The summed E-state index contributed by atoms with van der Waals surface area (Å²) in [5.74, 6) is -2.31. The van der Waals surface area contributed by atoms with Gasteiger partial charge in [-0.1, -0.05) is 30.4 Å². The molecule has 1 aromatic carbocycles. The summed E-state index contributed by atoms with van der Waals surface area (Å²) < 4.78 is 19.3. The van der Waals surface area contributed by atoms with Crippen molar-refractivity contribution in [1.29, 1.82) is 0 Å². The first-order valence-corrected chi connectivity index (χ1v) is 5.91. The van der Waals surface area contributed by atoms with Crippen molar-refractivity contribution in [1.82, 2.24) is 4.98 Å². The number of nitrogens with zero attached hydrogens (tertiary/aromatic N) is 1. The van der Waals surface area contributed by atoms with Crippen LogP contribution in [0.3, 0.4) is 0 Å². The van der Waals surface area contributed by atoms with Crippen molar-refractivity contribution in [3.63, 3.8) is 0 Å². The number of carbonyl (C=O) groups is 1. The number of hydrogen-bond donors (Lipinski definition) is 1. The maximum Gasteiger partial charge on any atom is 0.338 e. The molecule has 0 radical (unpaired) electrons. The number of aromatic carboxylic acids is 1. The number of rotatable bonds is 4. The third-order valence-electron chi connectivity index (χ3n) is 2.56. The second-order valence-corrected chi connectivity index (χ2v) is 3.92. The molecule has 0 aliphatic rings. The molecule has 5 heteroatoms. The van der Waals surface area contributed by atoms with Crippen molar-refractivity contribution in [3.05, 3.63) is 59.5 Å². The predicted molar refractivity (Wildman–Crippen MR) is 72.4 cm³/mol. The molecule has 0 atom stereocenters. The lowest BCUT2D eigenvalue weighted by atomic mass is 10.2. The van der Waals surface area contributed by atoms with Crippen LogP contribution in [0.5, 0.6) is 11.6 Å². The fraction of sp³-hybridized carbons (Fsp3) is 0.0667. The van der Waals surface area contributed by atoms with E-state index in [1.165, 1.54) is 6.20 Å². The van der Waals surface area contributed by atoms with Crippen molar-refractivity contribution in [2.75, 3.05) is 0 Å². The van der Waals surface area contributed by atoms with Crippen molar-refractivity contribution in [3.8, 4) is 11.6 Å². The summed E-state index contributed by atoms with van der Waals surface area (Å²) >= 11 is 0. The predicted octanol–water partition coefficient (Wildman–Crippen LogP) is 3.74. The molecule has 4 nitrogen and oxygen atoms in total. The van der Waals surface area contributed by atoms with E-state index in [0.29, 0.717) is 5.75 Å². The van der Waals surface area contributed by atoms with Gasteiger partial charge in [-0.05, 0) is 19.1 Å². The van der Waals surface area contributed by atoms with Gasteiger partial charge in [-0.2, -0.15) is 0 Å². The topological polar surface area (TPSA) is 59.4 Å². The highest BCUT2D eigenvalue weighted by atomic mass is 19.1. The van der Waals surface area contributed by atoms with Gasteiger partial charge < -0.3 is 9.84 Å². The van der Waals surface area contributed by atoms with Gasteiger partial charge in [-0.3, -0.25) is 0 Å². The van der Waals surface area contributed by atoms with Crippen LogP contribution >= 0.6 is 0 Å². The Bertz CT molecular complexity index is 668. The minimum Gasteiger partial charge on any atom is -0.478 e. The van der Waals surface area contributed by atoms with Crippen LogP contribution in [-0.2, 0) is 0 Å². The van der Waals surface area contributed by atoms with Gasteiger partial charge >= 0.3 is 5.97 Å². The minimum atomic E-state index is -1.36. The molecule has 2 aromatic rings. The van der Waals surface area contributed by atoms with E-state index < -0.39 is 17.3 Å².